The highest BCUT2D eigenvalue weighted by atomic mass is 16.4. The Bertz CT molecular complexity index is 681. The molecule has 0 saturated carbocycles. The number of aromatic hydroxyl groups is 1. The van der Waals surface area contributed by atoms with Gasteiger partial charge in [-0.15, -0.1) is 0 Å². The van der Waals surface area contributed by atoms with E-state index in [-0.39, 0.29) is 12.4 Å². The van der Waals surface area contributed by atoms with Crippen molar-refractivity contribution in [1.29, 1.82) is 0 Å². The summed E-state index contributed by atoms with van der Waals surface area (Å²) in [7, 11) is 0. The Morgan fingerprint density at radius 3 is 2.33 bits per heavy atom. The Balaban J connectivity index is 2.09. The van der Waals surface area contributed by atoms with Gasteiger partial charge in [0, 0.05) is 5.39 Å². The van der Waals surface area contributed by atoms with Crippen molar-refractivity contribution in [2.45, 2.75) is 6.61 Å². The highest BCUT2D eigenvalue weighted by Gasteiger charge is 2.05. The predicted octanol–water partition coefficient (Wildman–Crippen LogP) is 3.30. The van der Waals surface area contributed by atoms with Crippen molar-refractivity contribution >= 4 is 11.0 Å². The van der Waals surface area contributed by atoms with Gasteiger partial charge in [0.2, 0.25) is 0 Å². The van der Waals surface area contributed by atoms with Crippen molar-refractivity contribution in [1.82, 2.24) is 0 Å². The second-order valence-electron chi connectivity index (χ2n) is 4.17. The lowest BCUT2D eigenvalue weighted by atomic mass is 10.0. The average Bonchev–Trinajstić information content (AvgIpc) is 2.81. The molecule has 1 aromatic heterocycles. The molecular weight excluding hydrogens is 228 g/mol. The molecule has 0 aliphatic heterocycles. The number of furan rings is 1. The monoisotopic (exact) mass is 240 g/mol. The van der Waals surface area contributed by atoms with Gasteiger partial charge in [-0.2, -0.15) is 0 Å². The van der Waals surface area contributed by atoms with Crippen LogP contribution in [0.4, 0.5) is 0 Å². The van der Waals surface area contributed by atoms with Crippen molar-refractivity contribution in [3.8, 4) is 16.9 Å². The van der Waals surface area contributed by atoms with Crippen molar-refractivity contribution in [2.75, 3.05) is 0 Å². The van der Waals surface area contributed by atoms with E-state index in [0.717, 1.165) is 22.1 Å². The van der Waals surface area contributed by atoms with E-state index in [9.17, 15) is 5.11 Å². The van der Waals surface area contributed by atoms with E-state index in [1.165, 1.54) is 0 Å². The van der Waals surface area contributed by atoms with Crippen LogP contribution in [0.15, 0.2) is 52.9 Å². The molecule has 2 aromatic carbocycles. The van der Waals surface area contributed by atoms with Crippen LogP contribution in [0, 0.1) is 0 Å². The van der Waals surface area contributed by atoms with Gasteiger partial charge < -0.3 is 14.6 Å². The smallest absolute Gasteiger partial charge is 0.134 e. The van der Waals surface area contributed by atoms with Gasteiger partial charge in [-0.1, -0.05) is 18.2 Å². The number of phenols is 1. The van der Waals surface area contributed by atoms with Gasteiger partial charge in [-0.05, 0) is 41.5 Å². The van der Waals surface area contributed by atoms with Crippen LogP contribution >= 0.6 is 0 Å². The van der Waals surface area contributed by atoms with Gasteiger partial charge >= 0.3 is 0 Å². The van der Waals surface area contributed by atoms with E-state index in [1.54, 1.807) is 12.1 Å². The largest absolute Gasteiger partial charge is 0.508 e. The van der Waals surface area contributed by atoms with E-state index in [2.05, 4.69) is 0 Å². The molecule has 3 nitrogen and oxygen atoms in total. The maximum atomic E-state index is 9.27. The first-order chi connectivity index (χ1) is 8.76. The number of aliphatic hydroxyl groups excluding tert-OH is 1. The molecule has 3 aromatic rings. The number of fused-ring (bicyclic) bond motifs is 1. The summed E-state index contributed by atoms with van der Waals surface area (Å²) < 4.78 is 5.44. The van der Waals surface area contributed by atoms with Crippen molar-refractivity contribution in [3.05, 3.63) is 54.3 Å². The normalized spacial score (nSPS) is 10.9. The summed E-state index contributed by atoms with van der Waals surface area (Å²) in [5.74, 6) is 0.818. The van der Waals surface area contributed by atoms with Gasteiger partial charge in [0.05, 0.1) is 0 Å². The fourth-order valence-electron chi connectivity index (χ4n) is 2.01. The summed E-state index contributed by atoms with van der Waals surface area (Å²) in [6.45, 7) is -0.0940. The summed E-state index contributed by atoms with van der Waals surface area (Å²) in [6.07, 6.45) is 0. The summed E-state index contributed by atoms with van der Waals surface area (Å²) in [5, 5.41) is 19.3. The van der Waals surface area contributed by atoms with Crippen molar-refractivity contribution in [3.63, 3.8) is 0 Å². The van der Waals surface area contributed by atoms with E-state index < -0.39 is 0 Å². The van der Waals surface area contributed by atoms with Gasteiger partial charge in [-0.3, -0.25) is 0 Å². The van der Waals surface area contributed by atoms with E-state index in [1.807, 2.05) is 36.4 Å². The zero-order valence-electron chi connectivity index (χ0n) is 9.63. The lowest BCUT2D eigenvalue weighted by Gasteiger charge is -2.01. The van der Waals surface area contributed by atoms with Crippen LogP contribution in [0.2, 0.25) is 0 Å². The summed E-state index contributed by atoms with van der Waals surface area (Å²) in [4.78, 5) is 0. The Labute approximate surface area is 104 Å². The predicted molar refractivity (Wildman–Crippen MR) is 69.2 cm³/mol. The molecule has 0 amide bonds. The van der Waals surface area contributed by atoms with E-state index >= 15 is 0 Å². The minimum Gasteiger partial charge on any atom is -0.508 e. The first kappa shape index (κ1) is 10.9. The molecule has 0 bridgehead atoms. The fraction of sp³-hybridized carbons (Fsp3) is 0.0667. The minimum absolute atomic E-state index is 0.0940. The number of aliphatic hydroxyl groups is 1. The molecule has 3 rings (SSSR count). The van der Waals surface area contributed by atoms with Gasteiger partial charge in [0.25, 0.3) is 0 Å². The Morgan fingerprint density at radius 1 is 0.889 bits per heavy atom. The first-order valence-corrected chi connectivity index (χ1v) is 5.69. The highest BCUT2D eigenvalue weighted by molar-refractivity contribution is 5.84. The molecule has 0 spiro atoms. The van der Waals surface area contributed by atoms with Gasteiger partial charge in [-0.25, -0.2) is 0 Å². The second kappa shape index (κ2) is 4.20. The molecular formula is C15H12O3. The van der Waals surface area contributed by atoms with Crippen LogP contribution in [0.1, 0.15) is 5.76 Å². The van der Waals surface area contributed by atoms with Crippen LogP contribution in [-0.2, 0) is 6.61 Å². The van der Waals surface area contributed by atoms with Gasteiger partial charge in [0.15, 0.2) is 0 Å². The Morgan fingerprint density at radius 2 is 1.61 bits per heavy atom. The molecule has 2 N–H and O–H groups in total. The summed E-state index contributed by atoms with van der Waals surface area (Å²) in [5.41, 5.74) is 2.84. The van der Waals surface area contributed by atoms with Crippen LogP contribution in [0.3, 0.4) is 0 Å². The standard InChI is InChI=1S/C15H12O3/c16-9-14-8-12-7-11(3-6-15(12)18-14)10-1-4-13(17)5-2-10/h1-8,16-17H,9H2. The van der Waals surface area contributed by atoms with Crippen LogP contribution in [0.25, 0.3) is 22.1 Å². The molecule has 0 atom stereocenters. The maximum absolute atomic E-state index is 9.27. The molecule has 3 heteroatoms. The quantitative estimate of drug-likeness (QED) is 0.722. The molecule has 0 aliphatic rings. The van der Waals surface area contributed by atoms with Crippen LogP contribution in [-0.4, -0.2) is 10.2 Å². The summed E-state index contributed by atoms with van der Waals surface area (Å²) >= 11 is 0. The lowest BCUT2D eigenvalue weighted by Crippen LogP contribution is -1.76. The van der Waals surface area contributed by atoms with Crippen molar-refractivity contribution in [2.24, 2.45) is 0 Å². The highest BCUT2D eigenvalue weighted by Crippen LogP contribution is 2.27. The number of hydrogen-bond acceptors (Lipinski definition) is 3. The molecule has 0 fully saturated rings. The average molecular weight is 240 g/mol. The first-order valence-electron chi connectivity index (χ1n) is 5.69. The molecule has 0 aliphatic carbocycles. The molecule has 1 heterocycles. The second-order valence-corrected chi connectivity index (χ2v) is 4.17. The number of hydrogen-bond donors (Lipinski definition) is 2. The maximum Gasteiger partial charge on any atom is 0.134 e. The summed E-state index contributed by atoms with van der Waals surface area (Å²) in [6, 6.07) is 14.7. The number of phenolic OH excluding ortho intramolecular Hbond substituents is 1. The molecule has 18 heavy (non-hydrogen) atoms. The molecule has 90 valence electrons. The van der Waals surface area contributed by atoms with Crippen molar-refractivity contribution < 1.29 is 14.6 Å². The SMILES string of the molecule is OCc1cc2cc(-c3ccc(O)cc3)ccc2o1. The zero-order valence-corrected chi connectivity index (χ0v) is 9.63. The van der Waals surface area contributed by atoms with Crippen LogP contribution in [0.5, 0.6) is 5.75 Å². The van der Waals surface area contributed by atoms with Crippen LogP contribution < -0.4 is 0 Å². The molecule has 0 radical (unpaired) electrons. The Hall–Kier alpha value is -2.26. The third-order valence-electron chi connectivity index (χ3n) is 2.92. The lowest BCUT2D eigenvalue weighted by molar-refractivity contribution is 0.251. The third-order valence-corrected chi connectivity index (χ3v) is 2.92. The van der Waals surface area contributed by atoms with Gasteiger partial charge in [0.1, 0.15) is 23.7 Å². The third kappa shape index (κ3) is 1.85. The molecule has 0 unspecified atom stereocenters. The minimum atomic E-state index is -0.0940. The number of rotatable bonds is 2. The topological polar surface area (TPSA) is 53.6 Å². The number of benzene rings is 2. The Kier molecular flexibility index (Phi) is 2.54. The fourth-order valence-corrected chi connectivity index (χ4v) is 2.01. The zero-order chi connectivity index (χ0) is 12.5. The molecule has 0 saturated heterocycles. The van der Waals surface area contributed by atoms with E-state index in [4.69, 9.17) is 9.52 Å². The van der Waals surface area contributed by atoms with E-state index in [0.29, 0.717) is 5.76 Å².